The maximum absolute atomic E-state index is 11.2. The van der Waals surface area contributed by atoms with Crippen LogP contribution in [0.2, 0.25) is 0 Å². The van der Waals surface area contributed by atoms with Gasteiger partial charge in [-0.05, 0) is 48.4 Å². The molecule has 0 saturated heterocycles. The van der Waals surface area contributed by atoms with E-state index in [9.17, 15) is 4.79 Å². The summed E-state index contributed by atoms with van der Waals surface area (Å²) in [5.74, 6) is 2.26. The van der Waals surface area contributed by atoms with Gasteiger partial charge in [0, 0.05) is 35.6 Å². The van der Waals surface area contributed by atoms with Crippen molar-refractivity contribution in [2.45, 2.75) is 13.3 Å². The molecule has 1 aromatic heterocycles. The lowest BCUT2D eigenvalue weighted by Gasteiger charge is -2.07. The van der Waals surface area contributed by atoms with Crippen molar-refractivity contribution >= 4 is 16.8 Å². The van der Waals surface area contributed by atoms with Gasteiger partial charge in [-0.3, -0.25) is 4.79 Å². The quantitative estimate of drug-likeness (QED) is 0.739. The molecule has 3 aromatic rings. The van der Waals surface area contributed by atoms with Crippen LogP contribution in [-0.2, 0) is 11.2 Å². The van der Waals surface area contributed by atoms with E-state index in [1.807, 2.05) is 36.4 Å². The molecular formula is C20H20N2O4. The lowest BCUT2D eigenvalue weighted by molar-refractivity contribution is -0.118. The molecule has 0 aliphatic carbocycles. The number of H-pyrrole nitrogens is 1. The minimum Gasteiger partial charge on any atom is -0.497 e. The van der Waals surface area contributed by atoms with Crippen molar-refractivity contribution in [2.24, 2.45) is 0 Å². The molecule has 2 aromatic carbocycles. The third-order valence-corrected chi connectivity index (χ3v) is 4.52. The van der Waals surface area contributed by atoms with Gasteiger partial charge in [0.2, 0.25) is 12.7 Å². The van der Waals surface area contributed by atoms with Crippen molar-refractivity contribution < 1.29 is 19.0 Å². The molecule has 1 aliphatic rings. The molecule has 0 bridgehead atoms. The summed E-state index contributed by atoms with van der Waals surface area (Å²) in [7, 11) is 1.66. The lowest BCUT2D eigenvalue weighted by atomic mass is 10.0. The summed E-state index contributed by atoms with van der Waals surface area (Å²) in [6.45, 7) is 2.34. The van der Waals surface area contributed by atoms with Gasteiger partial charge in [-0.2, -0.15) is 0 Å². The highest BCUT2D eigenvalue weighted by Crippen LogP contribution is 2.39. The molecule has 0 unspecified atom stereocenters. The summed E-state index contributed by atoms with van der Waals surface area (Å²) in [5.41, 5.74) is 4.18. The maximum Gasteiger partial charge on any atom is 0.231 e. The number of carbonyl (C=O) groups excluding carboxylic acids is 1. The molecule has 6 nitrogen and oxygen atoms in total. The van der Waals surface area contributed by atoms with E-state index in [0.29, 0.717) is 13.0 Å². The van der Waals surface area contributed by atoms with Gasteiger partial charge < -0.3 is 24.5 Å². The van der Waals surface area contributed by atoms with Gasteiger partial charge in [-0.15, -0.1) is 0 Å². The van der Waals surface area contributed by atoms with E-state index >= 15 is 0 Å². The van der Waals surface area contributed by atoms with Crippen LogP contribution in [0.4, 0.5) is 0 Å². The van der Waals surface area contributed by atoms with Gasteiger partial charge in [0.05, 0.1) is 7.11 Å². The first-order valence-electron chi connectivity index (χ1n) is 8.49. The largest absolute Gasteiger partial charge is 0.497 e. The Morgan fingerprint density at radius 1 is 1.19 bits per heavy atom. The fraction of sp³-hybridized carbons (Fsp3) is 0.250. The molecule has 1 aliphatic heterocycles. The van der Waals surface area contributed by atoms with Crippen molar-refractivity contribution in [3.05, 3.63) is 42.0 Å². The molecule has 4 rings (SSSR count). The number of amides is 1. The Labute approximate surface area is 151 Å². The number of hydrogen-bond acceptors (Lipinski definition) is 4. The number of fused-ring (bicyclic) bond motifs is 2. The van der Waals surface area contributed by atoms with E-state index in [1.165, 1.54) is 6.92 Å². The SMILES string of the molecule is COc1ccc2[nH]c(-c3ccc4c(c3)OCO4)c(CCNC(C)=O)c2c1. The fourth-order valence-corrected chi connectivity index (χ4v) is 3.28. The monoisotopic (exact) mass is 352 g/mol. The molecule has 0 radical (unpaired) electrons. The van der Waals surface area contributed by atoms with E-state index in [1.54, 1.807) is 7.11 Å². The van der Waals surface area contributed by atoms with E-state index in [2.05, 4.69) is 10.3 Å². The molecule has 1 amide bonds. The zero-order chi connectivity index (χ0) is 18.1. The Kier molecular flexibility index (Phi) is 4.16. The second-order valence-electron chi connectivity index (χ2n) is 6.19. The zero-order valence-corrected chi connectivity index (χ0v) is 14.7. The number of rotatable bonds is 5. The molecule has 2 heterocycles. The third kappa shape index (κ3) is 2.94. The summed E-state index contributed by atoms with van der Waals surface area (Å²) in [6, 6.07) is 11.9. The van der Waals surface area contributed by atoms with Crippen molar-refractivity contribution in [3.63, 3.8) is 0 Å². The normalized spacial score (nSPS) is 12.4. The highest BCUT2D eigenvalue weighted by Gasteiger charge is 2.18. The molecule has 134 valence electrons. The smallest absolute Gasteiger partial charge is 0.231 e. The maximum atomic E-state index is 11.2. The summed E-state index contributed by atoms with van der Waals surface area (Å²) in [4.78, 5) is 14.7. The van der Waals surface area contributed by atoms with Crippen LogP contribution >= 0.6 is 0 Å². The number of ether oxygens (including phenoxy) is 3. The summed E-state index contributed by atoms with van der Waals surface area (Å²) in [5, 5.41) is 3.95. The Hall–Kier alpha value is -3.15. The van der Waals surface area contributed by atoms with Gasteiger partial charge in [-0.25, -0.2) is 0 Å². The number of aromatic nitrogens is 1. The van der Waals surface area contributed by atoms with Crippen molar-refractivity contribution in [3.8, 4) is 28.5 Å². The van der Waals surface area contributed by atoms with Gasteiger partial charge in [-0.1, -0.05) is 0 Å². The van der Waals surface area contributed by atoms with Crippen molar-refractivity contribution in [1.82, 2.24) is 10.3 Å². The van der Waals surface area contributed by atoms with Crippen LogP contribution in [0, 0.1) is 0 Å². The van der Waals surface area contributed by atoms with Gasteiger partial charge in [0.1, 0.15) is 5.75 Å². The Balaban J connectivity index is 1.80. The van der Waals surface area contributed by atoms with E-state index in [-0.39, 0.29) is 12.7 Å². The summed E-state index contributed by atoms with van der Waals surface area (Å²) >= 11 is 0. The minimum atomic E-state index is -0.0351. The van der Waals surface area contributed by atoms with E-state index in [0.717, 1.165) is 45.0 Å². The Bertz CT molecular complexity index is 977. The molecule has 6 heteroatoms. The Morgan fingerprint density at radius 2 is 2.04 bits per heavy atom. The van der Waals surface area contributed by atoms with Crippen LogP contribution in [0.1, 0.15) is 12.5 Å². The average Bonchev–Trinajstić information content (AvgIpc) is 3.24. The fourth-order valence-electron chi connectivity index (χ4n) is 3.28. The lowest BCUT2D eigenvalue weighted by Crippen LogP contribution is -2.22. The predicted molar refractivity (Wildman–Crippen MR) is 98.8 cm³/mol. The molecule has 0 spiro atoms. The molecule has 0 fully saturated rings. The van der Waals surface area contributed by atoms with E-state index in [4.69, 9.17) is 14.2 Å². The molecule has 26 heavy (non-hydrogen) atoms. The van der Waals surface area contributed by atoms with Crippen LogP contribution in [0.5, 0.6) is 17.2 Å². The number of carbonyl (C=O) groups is 1. The first kappa shape index (κ1) is 16.3. The topological polar surface area (TPSA) is 72.6 Å². The predicted octanol–water partition coefficient (Wildman–Crippen LogP) is 3.25. The van der Waals surface area contributed by atoms with E-state index < -0.39 is 0 Å². The second-order valence-corrected chi connectivity index (χ2v) is 6.19. The highest BCUT2D eigenvalue weighted by atomic mass is 16.7. The van der Waals surface area contributed by atoms with Crippen LogP contribution in [0.15, 0.2) is 36.4 Å². The van der Waals surface area contributed by atoms with Crippen LogP contribution in [-0.4, -0.2) is 31.3 Å². The minimum absolute atomic E-state index is 0.0351. The van der Waals surface area contributed by atoms with Crippen LogP contribution < -0.4 is 19.5 Å². The average molecular weight is 352 g/mol. The molecule has 2 N–H and O–H groups in total. The number of methoxy groups -OCH3 is 1. The summed E-state index contributed by atoms with van der Waals surface area (Å²) < 4.78 is 16.3. The third-order valence-electron chi connectivity index (χ3n) is 4.52. The Morgan fingerprint density at radius 3 is 2.85 bits per heavy atom. The molecule has 0 atom stereocenters. The molecule has 0 saturated carbocycles. The van der Waals surface area contributed by atoms with Crippen molar-refractivity contribution in [1.29, 1.82) is 0 Å². The number of benzene rings is 2. The van der Waals surface area contributed by atoms with Crippen molar-refractivity contribution in [2.75, 3.05) is 20.4 Å². The summed E-state index contributed by atoms with van der Waals surface area (Å²) in [6.07, 6.45) is 0.705. The highest BCUT2D eigenvalue weighted by molar-refractivity contribution is 5.92. The van der Waals surface area contributed by atoms with Crippen LogP contribution in [0.3, 0.4) is 0 Å². The van der Waals surface area contributed by atoms with Gasteiger partial charge in [0.25, 0.3) is 0 Å². The first-order chi connectivity index (χ1) is 12.7. The van der Waals surface area contributed by atoms with Gasteiger partial charge >= 0.3 is 0 Å². The van der Waals surface area contributed by atoms with Crippen LogP contribution in [0.25, 0.3) is 22.2 Å². The first-order valence-corrected chi connectivity index (χ1v) is 8.49. The number of aromatic amines is 1. The van der Waals surface area contributed by atoms with Gasteiger partial charge in [0.15, 0.2) is 11.5 Å². The number of hydrogen-bond donors (Lipinski definition) is 2. The number of nitrogens with one attached hydrogen (secondary N) is 2. The second kappa shape index (κ2) is 6.63. The zero-order valence-electron chi connectivity index (χ0n) is 14.7. The standard InChI is InChI=1S/C20H20N2O4/c1-12(23)21-8-7-15-16-10-14(24-2)4-5-17(16)22-20(15)13-3-6-18-19(9-13)26-11-25-18/h3-6,9-10,22H,7-8,11H2,1-2H3,(H,21,23). The molecular weight excluding hydrogens is 332 g/mol.